The molecule has 3 aliphatic rings. The van der Waals surface area contributed by atoms with Crippen LogP contribution in [0.3, 0.4) is 0 Å². The number of H-pyrrole nitrogens is 1. The average molecular weight is 417 g/mol. The summed E-state index contributed by atoms with van der Waals surface area (Å²) in [5, 5.41) is 4.21. The number of rotatable bonds is 6. The van der Waals surface area contributed by atoms with E-state index in [2.05, 4.69) is 16.4 Å². The zero-order valence-corrected chi connectivity index (χ0v) is 16.9. The second-order valence-electron chi connectivity index (χ2n) is 8.57. The zero-order valence-electron chi connectivity index (χ0n) is 16.9. The van der Waals surface area contributed by atoms with Crippen molar-refractivity contribution in [1.29, 1.82) is 0 Å². The van der Waals surface area contributed by atoms with Gasteiger partial charge in [0, 0.05) is 23.6 Å². The maximum Gasteiger partial charge on any atom is 0.230 e. The Balaban J connectivity index is 1.15. The SMILES string of the molecule is O=C(NCCc1c[nH]c2ccccc12)[C@H]1[C@H]2C=C[C@]3(CN(Cc4ccco4)C(=O)[C@@H]13)O2. The predicted octanol–water partition coefficient (Wildman–Crippen LogP) is 2.40. The lowest BCUT2D eigenvalue weighted by Crippen LogP contribution is -2.44. The third-order valence-corrected chi connectivity index (χ3v) is 6.78. The first kappa shape index (κ1) is 18.4. The van der Waals surface area contributed by atoms with Gasteiger partial charge in [0.05, 0.1) is 37.3 Å². The molecule has 6 rings (SSSR count). The van der Waals surface area contributed by atoms with E-state index in [1.807, 2.05) is 42.6 Å². The van der Waals surface area contributed by atoms with Crippen molar-refractivity contribution < 1.29 is 18.7 Å². The minimum atomic E-state index is -0.701. The molecule has 2 aromatic heterocycles. The van der Waals surface area contributed by atoms with Crippen LogP contribution >= 0.6 is 0 Å². The molecule has 158 valence electrons. The number of benzene rings is 1. The van der Waals surface area contributed by atoms with E-state index in [0.717, 1.165) is 23.3 Å². The highest BCUT2D eigenvalue weighted by atomic mass is 16.5. The van der Waals surface area contributed by atoms with Crippen LogP contribution in [0.15, 0.2) is 65.4 Å². The highest BCUT2D eigenvalue weighted by Crippen LogP contribution is 2.52. The minimum absolute atomic E-state index is 0.0416. The molecular formula is C24H23N3O4. The predicted molar refractivity (Wildman–Crippen MR) is 113 cm³/mol. The normalized spacial score (nSPS) is 28.6. The van der Waals surface area contributed by atoms with Gasteiger partial charge in [0.25, 0.3) is 0 Å². The number of likely N-dealkylation sites (tertiary alicyclic amines) is 1. The monoisotopic (exact) mass is 417 g/mol. The smallest absolute Gasteiger partial charge is 0.230 e. The van der Waals surface area contributed by atoms with Gasteiger partial charge in [-0.05, 0) is 30.2 Å². The van der Waals surface area contributed by atoms with Crippen LogP contribution in [-0.4, -0.2) is 46.5 Å². The fourth-order valence-electron chi connectivity index (χ4n) is 5.38. The van der Waals surface area contributed by atoms with E-state index in [-0.39, 0.29) is 17.9 Å². The number of hydrogen-bond donors (Lipinski definition) is 2. The van der Waals surface area contributed by atoms with Crippen LogP contribution in [0.4, 0.5) is 0 Å². The van der Waals surface area contributed by atoms with Crippen LogP contribution in [0.25, 0.3) is 10.9 Å². The Bertz CT molecular complexity index is 1180. The summed E-state index contributed by atoms with van der Waals surface area (Å²) in [5.74, 6) is -0.412. The third kappa shape index (κ3) is 2.84. The van der Waals surface area contributed by atoms with Crippen molar-refractivity contribution >= 4 is 22.7 Å². The van der Waals surface area contributed by atoms with Gasteiger partial charge in [0.15, 0.2) is 0 Å². The van der Waals surface area contributed by atoms with Crippen LogP contribution in [0.5, 0.6) is 0 Å². The number of carbonyl (C=O) groups is 2. The second kappa shape index (κ2) is 6.85. The van der Waals surface area contributed by atoms with Gasteiger partial charge >= 0.3 is 0 Å². The standard InChI is InChI=1S/C24H23N3O4/c28-22(25-10-8-15-12-26-18-6-2-1-5-17(15)18)20-19-7-9-24(31-19)14-27(23(29)21(20)24)13-16-4-3-11-30-16/h1-7,9,11-12,19-21,26H,8,10,13-14H2,(H,25,28)/t19-,20+,21-,24-/m1/s1. The number of aromatic amines is 1. The molecule has 7 heteroatoms. The minimum Gasteiger partial charge on any atom is -0.467 e. The molecule has 7 nitrogen and oxygen atoms in total. The first-order chi connectivity index (χ1) is 15.1. The van der Waals surface area contributed by atoms with Crippen LogP contribution in [-0.2, 0) is 27.3 Å². The number of fused-ring (bicyclic) bond motifs is 2. The number of nitrogens with one attached hydrogen (secondary N) is 2. The Labute approximate surface area is 179 Å². The number of furan rings is 1. The van der Waals surface area contributed by atoms with Gasteiger partial charge in [-0.25, -0.2) is 0 Å². The van der Waals surface area contributed by atoms with Gasteiger partial charge in [-0.3, -0.25) is 9.59 Å². The molecule has 3 aromatic rings. The molecule has 0 unspecified atom stereocenters. The van der Waals surface area contributed by atoms with Crippen molar-refractivity contribution in [3.8, 4) is 0 Å². The Hall–Kier alpha value is -3.32. The van der Waals surface area contributed by atoms with Gasteiger partial charge in [-0.15, -0.1) is 0 Å². The number of amides is 2. The number of aromatic nitrogens is 1. The lowest BCUT2D eigenvalue weighted by Gasteiger charge is -2.23. The summed E-state index contributed by atoms with van der Waals surface area (Å²) in [6.45, 7) is 1.35. The van der Waals surface area contributed by atoms with Crippen molar-refractivity contribution in [2.75, 3.05) is 13.1 Å². The number of ether oxygens (including phenoxy) is 1. The summed E-state index contributed by atoms with van der Waals surface area (Å²) in [7, 11) is 0. The number of nitrogens with zero attached hydrogens (tertiary/aromatic N) is 1. The Morgan fingerprint density at radius 3 is 3.03 bits per heavy atom. The molecule has 5 heterocycles. The summed E-state index contributed by atoms with van der Waals surface area (Å²) < 4.78 is 11.6. The maximum atomic E-state index is 13.2. The van der Waals surface area contributed by atoms with Crippen LogP contribution in [0.2, 0.25) is 0 Å². The van der Waals surface area contributed by atoms with Gasteiger partial charge in [0.1, 0.15) is 11.4 Å². The molecule has 1 spiro atoms. The van der Waals surface area contributed by atoms with Crippen molar-refractivity contribution in [3.05, 3.63) is 72.3 Å². The van der Waals surface area contributed by atoms with E-state index in [1.165, 1.54) is 5.39 Å². The molecule has 1 aromatic carbocycles. The lowest BCUT2D eigenvalue weighted by molar-refractivity contribution is -0.138. The first-order valence-corrected chi connectivity index (χ1v) is 10.7. The van der Waals surface area contributed by atoms with E-state index < -0.39 is 17.4 Å². The summed E-state index contributed by atoms with van der Waals surface area (Å²) >= 11 is 0. The van der Waals surface area contributed by atoms with Crippen LogP contribution in [0, 0.1) is 11.8 Å². The van der Waals surface area contributed by atoms with Crippen molar-refractivity contribution in [1.82, 2.24) is 15.2 Å². The highest BCUT2D eigenvalue weighted by Gasteiger charge is 2.66. The Morgan fingerprint density at radius 2 is 2.16 bits per heavy atom. The molecule has 2 fully saturated rings. The Kier molecular flexibility index (Phi) is 4.08. The lowest BCUT2D eigenvalue weighted by atomic mass is 9.77. The van der Waals surface area contributed by atoms with E-state index in [1.54, 1.807) is 17.2 Å². The molecule has 2 saturated heterocycles. The molecule has 0 radical (unpaired) electrons. The van der Waals surface area contributed by atoms with Crippen LogP contribution in [0.1, 0.15) is 11.3 Å². The van der Waals surface area contributed by atoms with Gasteiger partial charge in [0.2, 0.25) is 11.8 Å². The topological polar surface area (TPSA) is 87.6 Å². The second-order valence-corrected chi connectivity index (χ2v) is 8.57. The van der Waals surface area contributed by atoms with E-state index in [0.29, 0.717) is 19.6 Å². The molecule has 0 saturated carbocycles. The van der Waals surface area contributed by atoms with Crippen molar-refractivity contribution in [2.45, 2.75) is 24.7 Å². The van der Waals surface area contributed by atoms with E-state index in [4.69, 9.17) is 9.15 Å². The molecule has 2 amide bonds. The summed E-state index contributed by atoms with van der Waals surface area (Å²) in [4.78, 5) is 31.3. The van der Waals surface area contributed by atoms with Crippen molar-refractivity contribution in [2.24, 2.45) is 11.8 Å². The average Bonchev–Trinajstić information content (AvgIpc) is 3.58. The number of hydrogen-bond acceptors (Lipinski definition) is 4. The third-order valence-electron chi connectivity index (χ3n) is 6.78. The molecule has 2 bridgehead atoms. The molecular weight excluding hydrogens is 394 g/mol. The molecule has 31 heavy (non-hydrogen) atoms. The fourth-order valence-corrected chi connectivity index (χ4v) is 5.38. The molecule has 3 aliphatic heterocycles. The summed E-state index contributed by atoms with van der Waals surface area (Å²) in [6, 6.07) is 11.8. The van der Waals surface area contributed by atoms with Gasteiger partial charge in [-0.1, -0.05) is 30.4 Å². The van der Waals surface area contributed by atoms with Gasteiger partial charge in [-0.2, -0.15) is 0 Å². The number of para-hydroxylation sites is 1. The van der Waals surface area contributed by atoms with Crippen LogP contribution < -0.4 is 5.32 Å². The quantitative estimate of drug-likeness (QED) is 0.603. The zero-order chi connectivity index (χ0) is 21.0. The largest absolute Gasteiger partial charge is 0.467 e. The van der Waals surface area contributed by atoms with E-state index >= 15 is 0 Å². The van der Waals surface area contributed by atoms with Gasteiger partial charge < -0.3 is 24.4 Å². The molecule has 2 N–H and O–H groups in total. The number of carbonyl (C=O) groups excluding carboxylic acids is 2. The van der Waals surface area contributed by atoms with E-state index in [9.17, 15) is 9.59 Å². The summed E-state index contributed by atoms with van der Waals surface area (Å²) in [5.41, 5.74) is 1.55. The summed E-state index contributed by atoms with van der Waals surface area (Å²) in [6.07, 6.45) is 7.87. The maximum absolute atomic E-state index is 13.2. The molecule has 0 aliphatic carbocycles. The van der Waals surface area contributed by atoms with Crippen molar-refractivity contribution in [3.63, 3.8) is 0 Å². The fraction of sp³-hybridized carbons (Fsp3) is 0.333. The first-order valence-electron chi connectivity index (χ1n) is 10.7. The molecule has 4 atom stereocenters. The Morgan fingerprint density at radius 1 is 1.26 bits per heavy atom. The highest BCUT2D eigenvalue weighted by molar-refractivity contribution is 5.93.